The van der Waals surface area contributed by atoms with Crippen LogP contribution < -0.4 is 5.32 Å². The molecule has 0 aromatic carbocycles. The molecule has 1 N–H and O–H groups in total. The summed E-state index contributed by atoms with van der Waals surface area (Å²) in [6.45, 7) is 5.99. The Hall–Kier alpha value is -0.170. The van der Waals surface area contributed by atoms with Gasteiger partial charge in [0, 0.05) is 20.2 Å². The molecular weight excluding hydrogens is 264 g/mol. The largest absolute Gasteiger partial charge is 0.381 e. The van der Waals surface area contributed by atoms with E-state index in [1.165, 1.54) is 4.31 Å². The van der Waals surface area contributed by atoms with Gasteiger partial charge in [-0.3, -0.25) is 0 Å². The van der Waals surface area contributed by atoms with E-state index in [0.717, 1.165) is 45.4 Å². The van der Waals surface area contributed by atoms with E-state index in [-0.39, 0.29) is 5.75 Å². The number of hydrogen-bond donors (Lipinski definition) is 1. The van der Waals surface area contributed by atoms with E-state index in [2.05, 4.69) is 12.2 Å². The molecule has 1 fully saturated rings. The second-order valence-corrected chi connectivity index (χ2v) is 7.44. The van der Waals surface area contributed by atoms with Crippen LogP contribution in [0.25, 0.3) is 0 Å². The van der Waals surface area contributed by atoms with Crippen molar-refractivity contribution >= 4 is 10.0 Å². The van der Waals surface area contributed by atoms with E-state index in [9.17, 15) is 8.42 Å². The van der Waals surface area contributed by atoms with Crippen LogP contribution in [0.1, 0.15) is 32.6 Å². The molecule has 6 heteroatoms. The number of hydrogen-bond acceptors (Lipinski definition) is 4. The zero-order chi connectivity index (χ0) is 14.1. The molecule has 1 heterocycles. The molecular formula is C13H28N2O3S. The summed E-state index contributed by atoms with van der Waals surface area (Å²) in [6, 6.07) is 0. The Bertz CT molecular complexity index is 327. The monoisotopic (exact) mass is 292 g/mol. The Morgan fingerprint density at radius 3 is 2.79 bits per heavy atom. The minimum Gasteiger partial charge on any atom is -0.381 e. The average molecular weight is 292 g/mol. The van der Waals surface area contributed by atoms with Gasteiger partial charge in [0.05, 0.1) is 12.4 Å². The van der Waals surface area contributed by atoms with Gasteiger partial charge in [0.2, 0.25) is 10.0 Å². The van der Waals surface area contributed by atoms with Gasteiger partial charge in [-0.05, 0) is 44.7 Å². The van der Waals surface area contributed by atoms with Crippen molar-refractivity contribution in [3.05, 3.63) is 0 Å². The third-order valence-electron chi connectivity index (χ3n) is 3.50. The lowest BCUT2D eigenvalue weighted by atomic mass is 10.0. The Morgan fingerprint density at radius 2 is 2.16 bits per heavy atom. The van der Waals surface area contributed by atoms with Crippen molar-refractivity contribution in [2.45, 2.75) is 32.6 Å². The average Bonchev–Trinajstić information content (AvgIpc) is 2.39. The normalized spacial score (nSPS) is 20.9. The fourth-order valence-electron chi connectivity index (χ4n) is 2.30. The molecule has 5 nitrogen and oxygen atoms in total. The number of unbranched alkanes of at least 4 members (excludes halogenated alkanes) is 1. The van der Waals surface area contributed by atoms with Crippen LogP contribution in [0, 0.1) is 5.92 Å². The SMILES string of the molecule is CCNCCCCS(=O)(=O)N(C)CC1CCCOC1. The standard InChI is InChI=1S/C13H28N2O3S/c1-3-14-8-4-5-10-19(16,17)15(2)11-13-7-6-9-18-12-13/h13-14H,3-12H2,1-2H3. The summed E-state index contributed by atoms with van der Waals surface area (Å²) in [6.07, 6.45) is 3.75. The zero-order valence-corrected chi connectivity index (χ0v) is 13.0. The maximum Gasteiger partial charge on any atom is 0.213 e. The fourth-order valence-corrected chi connectivity index (χ4v) is 3.61. The lowest BCUT2D eigenvalue weighted by Crippen LogP contribution is -2.36. The van der Waals surface area contributed by atoms with E-state index in [4.69, 9.17) is 4.74 Å². The van der Waals surface area contributed by atoms with Crippen LogP contribution in [0.15, 0.2) is 0 Å². The summed E-state index contributed by atoms with van der Waals surface area (Å²) >= 11 is 0. The van der Waals surface area contributed by atoms with Crippen molar-refractivity contribution in [3.63, 3.8) is 0 Å². The fraction of sp³-hybridized carbons (Fsp3) is 1.00. The summed E-state index contributed by atoms with van der Waals surface area (Å²) in [7, 11) is -1.41. The number of nitrogens with one attached hydrogen (secondary N) is 1. The minimum absolute atomic E-state index is 0.252. The summed E-state index contributed by atoms with van der Waals surface area (Å²) in [5.41, 5.74) is 0. The van der Waals surface area contributed by atoms with Gasteiger partial charge < -0.3 is 10.1 Å². The molecule has 0 aromatic heterocycles. The summed E-state index contributed by atoms with van der Waals surface area (Å²) in [4.78, 5) is 0. The first-order chi connectivity index (χ1) is 9.06. The summed E-state index contributed by atoms with van der Waals surface area (Å²) in [5.74, 6) is 0.609. The Kier molecular flexibility index (Phi) is 7.90. The highest BCUT2D eigenvalue weighted by Crippen LogP contribution is 2.16. The highest BCUT2D eigenvalue weighted by Gasteiger charge is 2.22. The number of rotatable bonds is 9. The van der Waals surface area contributed by atoms with Gasteiger partial charge in [0.25, 0.3) is 0 Å². The lowest BCUT2D eigenvalue weighted by Gasteiger charge is -2.26. The van der Waals surface area contributed by atoms with Crippen LogP contribution in [-0.2, 0) is 14.8 Å². The van der Waals surface area contributed by atoms with Crippen LogP contribution in [0.5, 0.6) is 0 Å². The summed E-state index contributed by atoms with van der Waals surface area (Å²) in [5, 5.41) is 3.20. The van der Waals surface area contributed by atoms with Crippen molar-refractivity contribution in [2.24, 2.45) is 5.92 Å². The third kappa shape index (κ3) is 6.70. The molecule has 0 radical (unpaired) electrons. The van der Waals surface area contributed by atoms with Crippen LogP contribution in [0.2, 0.25) is 0 Å². The molecule has 1 aliphatic rings. The third-order valence-corrected chi connectivity index (χ3v) is 5.40. The lowest BCUT2D eigenvalue weighted by molar-refractivity contribution is 0.0495. The molecule has 1 saturated heterocycles. The van der Waals surface area contributed by atoms with Gasteiger partial charge in [-0.15, -0.1) is 0 Å². The van der Waals surface area contributed by atoms with E-state index in [1.54, 1.807) is 7.05 Å². The van der Waals surface area contributed by atoms with Gasteiger partial charge >= 0.3 is 0 Å². The predicted octanol–water partition coefficient (Wildman–Crippen LogP) is 1.06. The van der Waals surface area contributed by atoms with E-state index in [1.807, 2.05) is 0 Å². The molecule has 0 bridgehead atoms. The van der Waals surface area contributed by atoms with Crippen molar-refractivity contribution in [3.8, 4) is 0 Å². The molecule has 1 unspecified atom stereocenters. The molecule has 0 saturated carbocycles. The van der Waals surface area contributed by atoms with Gasteiger partial charge in [0.1, 0.15) is 0 Å². The molecule has 114 valence electrons. The maximum atomic E-state index is 12.1. The molecule has 1 aliphatic heterocycles. The van der Waals surface area contributed by atoms with Crippen LogP contribution in [0.3, 0.4) is 0 Å². The molecule has 1 atom stereocenters. The van der Waals surface area contributed by atoms with Gasteiger partial charge in [0.15, 0.2) is 0 Å². The number of nitrogens with zero attached hydrogens (tertiary/aromatic N) is 1. The molecule has 0 aromatic rings. The van der Waals surface area contributed by atoms with E-state index >= 15 is 0 Å². The Balaban J connectivity index is 2.25. The first-order valence-electron chi connectivity index (χ1n) is 7.28. The predicted molar refractivity (Wildman–Crippen MR) is 77.7 cm³/mol. The molecule has 0 spiro atoms. The van der Waals surface area contributed by atoms with Gasteiger partial charge in [-0.1, -0.05) is 6.92 Å². The van der Waals surface area contributed by atoms with E-state index < -0.39 is 10.0 Å². The van der Waals surface area contributed by atoms with Crippen molar-refractivity contribution in [2.75, 3.05) is 45.6 Å². The Morgan fingerprint density at radius 1 is 1.37 bits per heavy atom. The van der Waals surface area contributed by atoms with Crippen LogP contribution >= 0.6 is 0 Å². The second kappa shape index (κ2) is 8.89. The van der Waals surface area contributed by atoms with Crippen LogP contribution in [-0.4, -0.2) is 58.4 Å². The maximum absolute atomic E-state index is 12.1. The first kappa shape index (κ1) is 16.9. The molecule has 1 rings (SSSR count). The number of ether oxygens (including phenoxy) is 1. The van der Waals surface area contributed by atoms with Crippen LogP contribution in [0.4, 0.5) is 0 Å². The van der Waals surface area contributed by atoms with Gasteiger partial charge in [-0.25, -0.2) is 12.7 Å². The van der Waals surface area contributed by atoms with Gasteiger partial charge in [-0.2, -0.15) is 0 Å². The first-order valence-corrected chi connectivity index (χ1v) is 8.89. The summed E-state index contributed by atoms with van der Waals surface area (Å²) < 4.78 is 31.1. The molecule has 19 heavy (non-hydrogen) atoms. The highest BCUT2D eigenvalue weighted by atomic mass is 32.2. The van der Waals surface area contributed by atoms with Crippen molar-refractivity contribution in [1.82, 2.24) is 9.62 Å². The minimum atomic E-state index is -3.10. The quantitative estimate of drug-likeness (QED) is 0.646. The molecule has 0 amide bonds. The van der Waals surface area contributed by atoms with E-state index in [0.29, 0.717) is 19.1 Å². The zero-order valence-electron chi connectivity index (χ0n) is 12.2. The Labute approximate surface area is 117 Å². The van der Waals surface area contributed by atoms with Crippen molar-refractivity contribution < 1.29 is 13.2 Å². The smallest absolute Gasteiger partial charge is 0.213 e. The number of sulfonamides is 1. The highest BCUT2D eigenvalue weighted by molar-refractivity contribution is 7.89. The molecule has 0 aliphatic carbocycles. The van der Waals surface area contributed by atoms with Crippen molar-refractivity contribution in [1.29, 1.82) is 0 Å². The topological polar surface area (TPSA) is 58.6 Å². The second-order valence-electron chi connectivity index (χ2n) is 5.24.